The van der Waals surface area contributed by atoms with Crippen LogP contribution in [0.15, 0.2) is 0 Å². The number of nitrogens with zero attached hydrogens (tertiary/aromatic N) is 1. The molecule has 90 valence electrons. The van der Waals surface area contributed by atoms with Crippen molar-refractivity contribution in [3.8, 4) is 0 Å². The predicted octanol–water partition coefficient (Wildman–Crippen LogP) is -0.856. The summed E-state index contributed by atoms with van der Waals surface area (Å²) in [6.45, 7) is 2.29. The van der Waals surface area contributed by atoms with Crippen molar-refractivity contribution in [3.63, 3.8) is 0 Å². The highest BCUT2D eigenvalue weighted by molar-refractivity contribution is 6.02. The Balaban J connectivity index is 2.47. The predicted molar refractivity (Wildman–Crippen MR) is 55.4 cm³/mol. The summed E-state index contributed by atoms with van der Waals surface area (Å²) in [5, 5.41) is 2.15. The Labute approximate surface area is 93.9 Å². The minimum absolute atomic E-state index is 0.0374. The minimum Gasteiger partial charge on any atom is -0.384 e. The van der Waals surface area contributed by atoms with Crippen molar-refractivity contribution in [2.75, 3.05) is 26.8 Å². The number of amides is 3. The second-order valence-corrected chi connectivity index (χ2v) is 3.99. The molecular formula is C10H16N2O4. The third-order valence-corrected chi connectivity index (χ3v) is 2.27. The smallest absolute Gasteiger partial charge is 0.246 e. The topological polar surface area (TPSA) is 75.7 Å². The van der Waals surface area contributed by atoms with Crippen LogP contribution in [-0.2, 0) is 19.1 Å². The molecule has 0 spiro atoms. The Kier molecular flexibility index (Phi) is 4.42. The fourth-order valence-corrected chi connectivity index (χ4v) is 1.58. The van der Waals surface area contributed by atoms with Crippen LogP contribution in [0.1, 0.15) is 13.3 Å². The highest BCUT2D eigenvalue weighted by Crippen LogP contribution is 2.07. The molecule has 6 heteroatoms. The molecule has 1 N–H and O–H groups in total. The van der Waals surface area contributed by atoms with E-state index in [0.29, 0.717) is 6.61 Å². The third kappa shape index (κ3) is 3.62. The van der Waals surface area contributed by atoms with E-state index in [1.807, 2.05) is 6.92 Å². The lowest BCUT2D eigenvalue weighted by Crippen LogP contribution is -2.53. The van der Waals surface area contributed by atoms with Gasteiger partial charge in [-0.3, -0.25) is 19.7 Å². The summed E-state index contributed by atoms with van der Waals surface area (Å²) in [6.07, 6.45) is 0.286. The minimum atomic E-state index is -0.427. The van der Waals surface area contributed by atoms with Gasteiger partial charge in [-0.15, -0.1) is 0 Å². The number of nitrogens with one attached hydrogen (secondary N) is 1. The zero-order valence-electron chi connectivity index (χ0n) is 9.49. The van der Waals surface area contributed by atoms with Gasteiger partial charge >= 0.3 is 0 Å². The first kappa shape index (κ1) is 12.6. The summed E-state index contributed by atoms with van der Waals surface area (Å²) in [6, 6.07) is 0. The van der Waals surface area contributed by atoms with Crippen LogP contribution < -0.4 is 5.32 Å². The van der Waals surface area contributed by atoms with Crippen molar-refractivity contribution in [1.29, 1.82) is 0 Å². The Morgan fingerprint density at radius 3 is 2.50 bits per heavy atom. The Bertz CT molecular complexity index is 287. The number of imide groups is 1. The first-order valence-corrected chi connectivity index (χ1v) is 5.12. The standard InChI is InChI=1S/C10H16N2O4/c1-7(6-16-2)3-10(15)12-4-8(13)11-9(14)5-12/h7H,3-6H2,1-2H3,(H,11,13,14). The van der Waals surface area contributed by atoms with Crippen LogP contribution in [-0.4, -0.2) is 49.4 Å². The summed E-state index contributed by atoms with van der Waals surface area (Å²) in [7, 11) is 1.57. The van der Waals surface area contributed by atoms with Crippen molar-refractivity contribution in [1.82, 2.24) is 10.2 Å². The van der Waals surface area contributed by atoms with Gasteiger partial charge in [0.2, 0.25) is 17.7 Å². The van der Waals surface area contributed by atoms with Gasteiger partial charge in [0.25, 0.3) is 0 Å². The summed E-state index contributed by atoms with van der Waals surface area (Å²) in [5.74, 6) is -0.960. The van der Waals surface area contributed by atoms with Crippen molar-refractivity contribution >= 4 is 17.7 Å². The average Bonchev–Trinajstić information content (AvgIpc) is 2.16. The fourth-order valence-electron chi connectivity index (χ4n) is 1.58. The molecule has 1 aliphatic heterocycles. The SMILES string of the molecule is COCC(C)CC(=O)N1CC(=O)NC(=O)C1. The van der Waals surface area contributed by atoms with Gasteiger partial charge in [-0.2, -0.15) is 0 Å². The van der Waals surface area contributed by atoms with Crippen LogP contribution in [0.4, 0.5) is 0 Å². The van der Waals surface area contributed by atoms with Gasteiger partial charge in [-0.05, 0) is 5.92 Å². The highest BCUT2D eigenvalue weighted by atomic mass is 16.5. The van der Waals surface area contributed by atoms with Crippen LogP contribution in [0.5, 0.6) is 0 Å². The van der Waals surface area contributed by atoms with Gasteiger partial charge < -0.3 is 9.64 Å². The normalized spacial score (nSPS) is 18.2. The van der Waals surface area contributed by atoms with Gasteiger partial charge in [0.15, 0.2) is 0 Å². The largest absolute Gasteiger partial charge is 0.384 e. The molecule has 0 radical (unpaired) electrons. The average molecular weight is 228 g/mol. The number of methoxy groups -OCH3 is 1. The first-order chi connectivity index (χ1) is 7.52. The molecule has 0 saturated carbocycles. The van der Waals surface area contributed by atoms with Gasteiger partial charge in [0, 0.05) is 20.1 Å². The Hall–Kier alpha value is -1.43. The summed E-state index contributed by atoms with van der Waals surface area (Å²) >= 11 is 0. The molecule has 1 unspecified atom stereocenters. The number of piperazine rings is 1. The van der Waals surface area contributed by atoms with Gasteiger partial charge in [0.1, 0.15) is 13.1 Å². The zero-order valence-corrected chi connectivity index (χ0v) is 9.49. The Morgan fingerprint density at radius 2 is 2.00 bits per heavy atom. The summed E-state index contributed by atoms with van der Waals surface area (Å²) < 4.78 is 4.92. The molecule has 0 aromatic rings. The zero-order chi connectivity index (χ0) is 12.1. The van der Waals surface area contributed by atoms with Gasteiger partial charge in [0.05, 0.1) is 0 Å². The van der Waals surface area contributed by atoms with Crippen LogP contribution in [0, 0.1) is 5.92 Å². The number of hydrogen-bond acceptors (Lipinski definition) is 4. The van der Waals surface area contributed by atoms with E-state index in [0.717, 1.165) is 0 Å². The molecule has 6 nitrogen and oxygen atoms in total. The van der Waals surface area contributed by atoms with E-state index < -0.39 is 11.8 Å². The Morgan fingerprint density at radius 1 is 1.44 bits per heavy atom. The van der Waals surface area contributed by atoms with Crippen molar-refractivity contribution in [2.24, 2.45) is 5.92 Å². The van der Waals surface area contributed by atoms with Crippen LogP contribution in [0.2, 0.25) is 0 Å². The second-order valence-electron chi connectivity index (χ2n) is 3.99. The van der Waals surface area contributed by atoms with Crippen molar-refractivity contribution in [3.05, 3.63) is 0 Å². The maximum Gasteiger partial charge on any atom is 0.246 e. The molecule has 1 fully saturated rings. The van der Waals surface area contributed by atoms with E-state index in [2.05, 4.69) is 5.32 Å². The lowest BCUT2D eigenvalue weighted by atomic mass is 10.1. The third-order valence-electron chi connectivity index (χ3n) is 2.27. The lowest BCUT2D eigenvalue weighted by Gasteiger charge is -2.26. The van der Waals surface area contributed by atoms with Gasteiger partial charge in [-0.25, -0.2) is 0 Å². The van der Waals surface area contributed by atoms with E-state index in [1.54, 1.807) is 7.11 Å². The molecular weight excluding hydrogens is 212 g/mol. The molecule has 3 amide bonds. The molecule has 1 saturated heterocycles. The van der Waals surface area contributed by atoms with E-state index >= 15 is 0 Å². The monoisotopic (exact) mass is 228 g/mol. The van der Waals surface area contributed by atoms with Crippen LogP contribution in [0.3, 0.4) is 0 Å². The summed E-state index contributed by atoms with van der Waals surface area (Å²) in [4.78, 5) is 35.1. The highest BCUT2D eigenvalue weighted by Gasteiger charge is 2.26. The van der Waals surface area contributed by atoms with Crippen LogP contribution in [0.25, 0.3) is 0 Å². The van der Waals surface area contributed by atoms with Crippen molar-refractivity contribution in [2.45, 2.75) is 13.3 Å². The number of carbonyl (C=O) groups is 3. The van der Waals surface area contributed by atoms with Crippen LogP contribution >= 0.6 is 0 Å². The number of rotatable bonds is 4. The molecule has 16 heavy (non-hydrogen) atoms. The molecule has 1 aliphatic rings. The van der Waals surface area contributed by atoms with E-state index in [1.165, 1.54) is 4.90 Å². The molecule has 1 atom stereocenters. The van der Waals surface area contributed by atoms with E-state index in [-0.39, 0.29) is 31.3 Å². The lowest BCUT2D eigenvalue weighted by molar-refractivity contribution is -0.146. The number of ether oxygens (including phenoxy) is 1. The maximum atomic E-state index is 11.7. The first-order valence-electron chi connectivity index (χ1n) is 5.12. The van der Waals surface area contributed by atoms with E-state index in [4.69, 9.17) is 4.74 Å². The molecule has 0 aromatic carbocycles. The van der Waals surface area contributed by atoms with E-state index in [9.17, 15) is 14.4 Å². The molecule has 0 aliphatic carbocycles. The molecule has 1 rings (SSSR count). The van der Waals surface area contributed by atoms with Gasteiger partial charge in [-0.1, -0.05) is 6.92 Å². The number of carbonyl (C=O) groups excluding carboxylic acids is 3. The second kappa shape index (κ2) is 5.60. The quantitative estimate of drug-likeness (QED) is 0.635. The fraction of sp³-hybridized carbons (Fsp3) is 0.700. The maximum absolute atomic E-state index is 11.7. The molecule has 1 heterocycles. The molecule has 0 aromatic heterocycles. The summed E-state index contributed by atoms with van der Waals surface area (Å²) in [5.41, 5.74) is 0. The molecule has 0 bridgehead atoms. The van der Waals surface area contributed by atoms with Crippen molar-refractivity contribution < 1.29 is 19.1 Å². The number of hydrogen-bond donors (Lipinski definition) is 1.